The molecule has 1 fully saturated rings. The Hall–Kier alpha value is -0.430. The van der Waals surface area contributed by atoms with E-state index in [-0.39, 0.29) is 6.04 Å². The predicted molar refractivity (Wildman–Crippen MR) is 51.0 cm³/mol. The lowest BCUT2D eigenvalue weighted by atomic mass is 10.2. The molecule has 1 aliphatic rings. The quantitative estimate of drug-likeness (QED) is 0.811. The maximum absolute atomic E-state index is 12.2. The second kappa shape index (κ2) is 5.07. The summed E-state index contributed by atoms with van der Waals surface area (Å²) < 4.78 is 36.5. The van der Waals surface area contributed by atoms with Crippen LogP contribution in [0.15, 0.2) is 0 Å². The Morgan fingerprint density at radius 1 is 1.53 bits per heavy atom. The van der Waals surface area contributed by atoms with Crippen molar-refractivity contribution >= 4 is 17.7 Å². The van der Waals surface area contributed by atoms with E-state index in [2.05, 4.69) is 0 Å². The number of hydrogen-bond acceptors (Lipinski definition) is 3. The van der Waals surface area contributed by atoms with Crippen molar-refractivity contribution in [1.82, 2.24) is 4.90 Å². The van der Waals surface area contributed by atoms with Crippen molar-refractivity contribution in [1.29, 1.82) is 0 Å². The number of halogens is 3. The Bertz CT molecular complexity index is 228. The SMILES string of the molecule is O=C(O)CN(CC(F)(F)F)C1CCSC1. The van der Waals surface area contributed by atoms with Crippen molar-refractivity contribution in [2.45, 2.75) is 18.6 Å². The average Bonchev–Trinajstić information content (AvgIpc) is 2.50. The third kappa shape index (κ3) is 4.74. The van der Waals surface area contributed by atoms with Gasteiger partial charge in [-0.1, -0.05) is 0 Å². The molecule has 0 aromatic rings. The first-order valence-electron chi connectivity index (χ1n) is 4.49. The fourth-order valence-corrected chi connectivity index (χ4v) is 2.78. The van der Waals surface area contributed by atoms with Gasteiger partial charge in [-0.2, -0.15) is 24.9 Å². The lowest BCUT2D eigenvalue weighted by Crippen LogP contribution is -2.44. The average molecular weight is 243 g/mol. The second-order valence-electron chi connectivity index (χ2n) is 3.43. The first kappa shape index (κ1) is 12.6. The second-order valence-corrected chi connectivity index (χ2v) is 4.58. The molecule has 0 aromatic carbocycles. The van der Waals surface area contributed by atoms with E-state index in [4.69, 9.17) is 5.11 Å². The highest BCUT2D eigenvalue weighted by molar-refractivity contribution is 7.99. The molecule has 0 aromatic heterocycles. The Labute approximate surface area is 89.6 Å². The van der Waals surface area contributed by atoms with Gasteiger partial charge in [0.25, 0.3) is 0 Å². The molecule has 3 nitrogen and oxygen atoms in total. The summed E-state index contributed by atoms with van der Waals surface area (Å²) >= 11 is 1.56. The van der Waals surface area contributed by atoms with E-state index < -0.39 is 25.2 Å². The van der Waals surface area contributed by atoms with Gasteiger partial charge in [0.05, 0.1) is 13.1 Å². The van der Waals surface area contributed by atoms with E-state index in [0.29, 0.717) is 12.2 Å². The summed E-state index contributed by atoms with van der Waals surface area (Å²) in [5.41, 5.74) is 0. The van der Waals surface area contributed by atoms with Crippen molar-refractivity contribution in [2.75, 3.05) is 24.6 Å². The Kier molecular flexibility index (Phi) is 4.27. The highest BCUT2D eigenvalue weighted by Crippen LogP contribution is 2.25. The molecule has 88 valence electrons. The van der Waals surface area contributed by atoms with E-state index in [1.807, 2.05) is 0 Å². The van der Waals surface area contributed by atoms with Crippen LogP contribution >= 0.6 is 11.8 Å². The first-order valence-corrected chi connectivity index (χ1v) is 5.64. The highest BCUT2D eigenvalue weighted by atomic mass is 32.2. The zero-order valence-corrected chi connectivity index (χ0v) is 8.77. The van der Waals surface area contributed by atoms with Gasteiger partial charge in [0, 0.05) is 11.8 Å². The minimum atomic E-state index is -4.33. The van der Waals surface area contributed by atoms with Crippen LogP contribution in [-0.2, 0) is 4.79 Å². The fraction of sp³-hybridized carbons (Fsp3) is 0.875. The number of rotatable bonds is 4. The van der Waals surface area contributed by atoms with Gasteiger partial charge in [-0.3, -0.25) is 9.69 Å². The molecule has 0 saturated carbocycles. The number of aliphatic carboxylic acids is 1. The standard InChI is InChI=1S/C8H12F3NO2S/c9-8(10,11)5-12(3-7(13)14)6-1-2-15-4-6/h6H,1-5H2,(H,13,14). The molecule has 1 saturated heterocycles. The summed E-state index contributed by atoms with van der Waals surface area (Å²) in [6.07, 6.45) is -3.70. The van der Waals surface area contributed by atoms with Gasteiger partial charge in [-0.25, -0.2) is 0 Å². The molecule has 1 N–H and O–H groups in total. The zero-order valence-electron chi connectivity index (χ0n) is 7.96. The van der Waals surface area contributed by atoms with Gasteiger partial charge >= 0.3 is 12.1 Å². The lowest BCUT2D eigenvalue weighted by molar-refractivity contribution is -0.157. The van der Waals surface area contributed by atoms with Crippen molar-refractivity contribution in [3.8, 4) is 0 Å². The molecule has 1 rings (SSSR count). The zero-order chi connectivity index (χ0) is 11.5. The molecule has 7 heteroatoms. The molecule has 1 unspecified atom stereocenters. The Balaban J connectivity index is 2.55. The molecule has 1 heterocycles. The molecule has 1 aliphatic heterocycles. The maximum atomic E-state index is 12.2. The van der Waals surface area contributed by atoms with Crippen molar-refractivity contribution < 1.29 is 23.1 Å². The monoisotopic (exact) mass is 243 g/mol. The van der Waals surface area contributed by atoms with Crippen molar-refractivity contribution in [3.05, 3.63) is 0 Å². The van der Waals surface area contributed by atoms with Crippen LogP contribution in [-0.4, -0.2) is 52.8 Å². The predicted octanol–water partition coefficient (Wildman–Crippen LogP) is 1.44. The van der Waals surface area contributed by atoms with Crippen LogP contribution in [0.25, 0.3) is 0 Å². The normalized spacial score (nSPS) is 22.3. The van der Waals surface area contributed by atoms with Gasteiger partial charge < -0.3 is 5.11 Å². The van der Waals surface area contributed by atoms with E-state index in [9.17, 15) is 18.0 Å². The van der Waals surface area contributed by atoms with Crippen LogP contribution in [0.4, 0.5) is 13.2 Å². The van der Waals surface area contributed by atoms with Crippen molar-refractivity contribution in [3.63, 3.8) is 0 Å². The summed E-state index contributed by atoms with van der Waals surface area (Å²) in [7, 11) is 0. The largest absolute Gasteiger partial charge is 0.480 e. The summed E-state index contributed by atoms with van der Waals surface area (Å²) in [5.74, 6) is 0.179. The number of hydrogen-bond donors (Lipinski definition) is 1. The third-order valence-electron chi connectivity index (χ3n) is 2.14. The van der Waals surface area contributed by atoms with Crippen molar-refractivity contribution in [2.24, 2.45) is 0 Å². The highest BCUT2D eigenvalue weighted by Gasteiger charge is 2.35. The first-order chi connectivity index (χ1) is 6.88. The summed E-state index contributed by atoms with van der Waals surface area (Å²) in [6.45, 7) is -1.67. The minimum Gasteiger partial charge on any atom is -0.480 e. The molecule has 1 atom stereocenters. The molecule has 0 radical (unpaired) electrons. The molecule has 15 heavy (non-hydrogen) atoms. The number of carbonyl (C=O) groups is 1. The number of carboxylic acid groups (broad SMARTS) is 1. The van der Waals surface area contributed by atoms with Crippen LogP contribution in [0.2, 0.25) is 0 Å². The third-order valence-corrected chi connectivity index (χ3v) is 3.29. The number of alkyl halides is 3. The topological polar surface area (TPSA) is 40.5 Å². The summed E-state index contributed by atoms with van der Waals surface area (Å²) in [4.78, 5) is 11.4. The fourth-order valence-electron chi connectivity index (χ4n) is 1.53. The lowest BCUT2D eigenvalue weighted by Gasteiger charge is -2.27. The van der Waals surface area contributed by atoms with Crippen LogP contribution < -0.4 is 0 Å². The van der Waals surface area contributed by atoms with Gasteiger partial charge in [0.1, 0.15) is 0 Å². The maximum Gasteiger partial charge on any atom is 0.401 e. The minimum absolute atomic E-state index is 0.257. The molecule has 0 spiro atoms. The molecule has 0 aliphatic carbocycles. The van der Waals surface area contributed by atoms with Gasteiger partial charge in [-0.15, -0.1) is 0 Å². The Morgan fingerprint density at radius 2 is 2.20 bits per heavy atom. The number of nitrogens with zero attached hydrogens (tertiary/aromatic N) is 1. The van der Waals surface area contributed by atoms with Crippen LogP contribution in [0.1, 0.15) is 6.42 Å². The van der Waals surface area contributed by atoms with Gasteiger partial charge in [0.2, 0.25) is 0 Å². The summed E-state index contributed by atoms with van der Waals surface area (Å²) in [5, 5.41) is 8.53. The molecule has 0 bridgehead atoms. The van der Waals surface area contributed by atoms with Gasteiger partial charge in [0.15, 0.2) is 0 Å². The number of thioether (sulfide) groups is 1. The molecular weight excluding hydrogens is 231 g/mol. The van der Waals surface area contributed by atoms with E-state index in [1.54, 1.807) is 11.8 Å². The number of carboxylic acids is 1. The smallest absolute Gasteiger partial charge is 0.401 e. The van der Waals surface area contributed by atoms with E-state index in [0.717, 1.165) is 10.7 Å². The van der Waals surface area contributed by atoms with E-state index >= 15 is 0 Å². The summed E-state index contributed by atoms with van der Waals surface area (Å²) in [6, 6.07) is -0.257. The molecule has 0 amide bonds. The molecular formula is C8H12F3NO2S. The Morgan fingerprint density at radius 3 is 2.60 bits per heavy atom. The van der Waals surface area contributed by atoms with Gasteiger partial charge in [-0.05, 0) is 12.2 Å². The van der Waals surface area contributed by atoms with Crippen LogP contribution in [0.3, 0.4) is 0 Å². The van der Waals surface area contributed by atoms with Crippen LogP contribution in [0, 0.1) is 0 Å². The van der Waals surface area contributed by atoms with Crippen LogP contribution in [0.5, 0.6) is 0 Å². The van der Waals surface area contributed by atoms with E-state index in [1.165, 1.54) is 0 Å².